The number of benzene rings is 2. The Kier molecular flexibility index (Phi) is 4.90. The lowest BCUT2D eigenvalue weighted by Crippen LogP contribution is -2.26. The molecule has 1 aliphatic carbocycles. The van der Waals surface area contributed by atoms with Crippen molar-refractivity contribution in [3.63, 3.8) is 0 Å². The average Bonchev–Trinajstić information content (AvgIpc) is 3.01. The number of aryl methyl sites for hydroxylation is 2. The summed E-state index contributed by atoms with van der Waals surface area (Å²) in [5, 5.41) is 1.21. The highest BCUT2D eigenvalue weighted by Crippen LogP contribution is 2.34. The molecule has 26 heavy (non-hydrogen) atoms. The SMILES string of the molecule is CCC(Sc1ccc(C)cc1)C(=O)n1c2c(c3ccccc31)CCCC2. The Hall–Kier alpha value is -2.00. The van der Waals surface area contributed by atoms with Crippen LogP contribution in [0.4, 0.5) is 0 Å². The molecule has 0 amide bonds. The number of carbonyl (C=O) groups excluding carboxylic acids is 1. The van der Waals surface area contributed by atoms with E-state index in [2.05, 4.69) is 56.3 Å². The topological polar surface area (TPSA) is 22.0 Å². The predicted molar refractivity (Wildman–Crippen MR) is 110 cm³/mol. The Labute approximate surface area is 159 Å². The number of carbonyl (C=O) groups is 1. The van der Waals surface area contributed by atoms with Crippen LogP contribution in [-0.4, -0.2) is 15.7 Å². The number of aromatic nitrogens is 1. The number of para-hydroxylation sites is 1. The minimum absolute atomic E-state index is 0.0560. The molecule has 0 N–H and O–H groups in total. The van der Waals surface area contributed by atoms with Crippen LogP contribution in [0.5, 0.6) is 0 Å². The maximum Gasteiger partial charge on any atom is 0.244 e. The van der Waals surface area contributed by atoms with Crippen LogP contribution in [0.25, 0.3) is 10.9 Å². The second-order valence-corrected chi connectivity index (χ2v) is 8.43. The molecule has 3 aromatic rings. The maximum absolute atomic E-state index is 13.5. The van der Waals surface area contributed by atoms with Gasteiger partial charge in [-0.15, -0.1) is 11.8 Å². The van der Waals surface area contributed by atoms with Gasteiger partial charge in [0.2, 0.25) is 5.91 Å². The van der Waals surface area contributed by atoms with Crippen molar-refractivity contribution < 1.29 is 4.79 Å². The Morgan fingerprint density at radius 1 is 1.08 bits per heavy atom. The summed E-state index contributed by atoms with van der Waals surface area (Å²) in [6.07, 6.45) is 5.35. The van der Waals surface area contributed by atoms with E-state index in [0.29, 0.717) is 0 Å². The fourth-order valence-corrected chi connectivity index (χ4v) is 4.98. The van der Waals surface area contributed by atoms with Crippen LogP contribution in [0.1, 0.15) is 47.8 Å². The van der Waals surface area contributed by atoms with Crippen LogP contribution < -0.4 is 0 Å². The zero-order valence-corrected chi connectivity index (χ0v) is 16.3. The normalized spacial score (nSPS) is 15.0. The van der Waals surface area contributed by atoms with Gasteiger partial charge in [0, 0.05) is 16.0 Å². The van der Waals surface area contributed by atoms with Gasteiger partial charge < -0.3 is 0 Å². The fourth-order valence-electron chi connectivity index (χ4n) is 3.98. The first kappa shape index (κ1) is 17.4. The van der Waals surface area contributed by atoms with E-state index < -0.39 is 0 Å². The Morgan fingerprint density at radius 3 is 2.58 bits per heavy atom. The van der Waals surface area contributed by atoms with Crippen molar-refractivity contribution in [3.05, 3.63) is 65.4 Å². The summed E-state index contributed by atoms with van der Waals surface area (Å²) in [5.41, 5.74) is 4.99. The molecule has 0 saturated carbocycles. The van der Waals surface area contributed by atoms with Gasteiger partial charge in [-0.05, 0) is 62.8 Å². The smallest absolute Gasteiger partial charge is 0.244 e. The van der Waals surface area contributed by atoms with Crippen LogP contribution >= 0.6 is 11.8 Å². The van der Waals surface area contributed by atoms with Crippen molar-refractivity contribution in [3.8, 4) is 0 Å². The molecule has 0 bridgehead atoms. The summed E-state index contributed by atoms with van der Waals surface area (Å²) >= 11 is 1.69. The quantitative estimate of drug-likeness (QED) is 0.527. The molecular formula is C23H25NOS. The highest BCUT2D eigenvalue weighted by molar-refractivity contribution is 8.00. The number of rotatable bonds is 4. The first-order valence-corrected chi connectivity index (χ1v) is 10.5. The summed E-state index contributed by atoms with van der Waals surface area (Å²) in [4.78, 5) is 14.7. The second kappa shape index (κ2) is 7.32. The second-order valence-electron chi connectivity index (χ2n) is 7.15. The third kappa shape index (κ3) is 3.09. The highest BCUT2D eigenvalue weighted by Gasteiger charge is 2.27. The average molecular weight is 364 g/mol. The van der Waals surface area contributed by atoms with Gasteiger partial charge in [-0.3, -0.25) is 9.36 Å². The molecule has 4 rings (SSSR count). The third-order valence-corrected chi connectivity index (χ3v) is 6.71. The molecule has 0 aliphatic heterocycles. The summed E-state index contributed by atoms with van der Waals surface area (Å²) < 4.78 is 2.04. The molecule has 0 radical (unpaired) electrons. The van der Waals surface area contributed by atoms with E-state index in [1.807, 2.05) is 10.6 Å². The third-order valence-electron chi connectivity index (χ3n) is 5.34. The van der Waals surface area contributed by atoms with Crippen molar-refractivity contribution >= 4 is 28.6 Å². The predicted octanol–water partition coefficient (Wildman–Crippen LogP) is 6.04. The van der Waals surface area contributed by atoms with Gasteiger partial charge >= 0.3 is 0 Å². The van der Waals surface area contributed by atoms with Crippen molar-refractivity contribution in [1.29, 1.82) is 0 Å². The molecule has 2 nitrogen and oxygen atoms in total. The molecule has 0 fully saturated rings. The van der Waals surface area contributed by atoms with Crippen LogP contribution in [-0.2, 0) is 12.8 Å². The van der Waals surface area contributed by atoms with Crippen molar-refractivity contribution in [1.82, 2.24) is 4.57 Å². The zero-order valence-electron chi connectivity index (χ0n) is 15.5. The van der Waals surface area contributed by atoms with Gasteiger partial charge in [-0.2, -0.15) is 0 Å². The zero-order chi connectivity index (χ0) is 18.1. The molecule has 0 spiro atoms. The van der Waals surface area contributed by atoms with Crippen LogP contribution in [0, 0.1) is 6.92 Å². The Bertz CT molecular complexity index is 939. The van der Waals surface area contributed by atoms with Crippen LogP contribution in [0.15, 0.2) is 53.4 Å². The van der Waals surface area contributed by atoms with E-state index in [9.17, 15) is 4.79 Å². The lowest BCUT2D eigenvalue weighted by molar-refractivity contribution is 0.0910. The molecule has 3 heteroatoms. The largest absolute Gasteiger partial charge is 0.283 e. The van der Waals surface area contributed by atoms with Gasteiger partial charge in [0.1, 0.15) is 0 Å². The van der Waals surface area contributed by atoms with Gasteiger partial charge in [-0.25, -0.2) is 0 Å². The molecule has 0 saturated heterocycles. The molecule has 134 valence electrons. The highest BCUT2D eigenvalue weighted by atomic mass is 32.2. The first-order valence-electron chi connectivity index (χ1n) is 9.57. The minimum Gasteiger partial charge on any atom is -0.283 e. The minimum atomic E-state index is -0.0560. The van der Waals surface area contributed by atoms with Crippen molar-refractivity contribution in [2.75, 3.05) is 0 Å². The summed E-state index contributed by atoms with van der Waals surface area (Å²) in [7, 11) is 0. The molecule has 1 unspecified atom stereocenters. The van der Waals surface area contributed by atoms with Crippen LogP contribution in [0.2, 0.25) is 0 Å². The van der Waals surface area contributed by atoms with E-state index >= 15 is 0 Å². The van der Waals surface area contributed by atoms with Gasteiger partial charge in [0.25, 0.3) is 0 Å². The van der Waals surface area contributed by atoms with Crippen molar-refractivity contribution in [2.45, 2.75) is 56.1 Å². The number of hydrogen-bond donors (Lipinski definition) is 0. The van der Waals surface area contributed by atoms with Crippen molar-refractivity contribution in [2.24, 2.45) is 0 Å². The lowest BCUT2D eigenvalue weighted by Gasteiger charge is -2.19. The van der Waals surface area contributed by atoms with E-state index in [0.717, 1.165) is 24.8 Å². The molecule has 1 aliphatic rings. The maximum atomic E-state index is 13.5. The number of nitrogens with zero attached hydrogens (tertiary/aromatic N) is 1. The lowest BCUT2D eigenvalue weighted by atomic mass is 9.95. The molecule has 1 heterocycles. The van der Waals surface area contributed by atoms with Crippen LogP contribution in [0.3, 0.4) is 0 Å². The summed E-state index contributed by atoms with van der Waals surface area (Å²) in [5.74, 6) is 0.234. The first-order chi connectivity index (χ1) is 12.7. The van der Waals surface area contributed by atoms with Gasteiger partial charge in [-0.1, -0.05) is 42.8 Å². The number of fused-ring (bicyclic) bond motifs is 3. The summed E-state index contributed by atoms with van der Waals surface area (Å²) in [6.45, 7) is 4.21. The standard InChI is InChI=1S/C23H25NOS/c1-3-22(26-17-14-12-16(2)13-15-17)23(25)24-20-10-6-4-8-18(20)19-9-5-7-11-21(19)24/h4,6,8,10,12-15,22H,3,5,7,9,11H2,1-2H3. The van der Waals surface area contributed by atoms with E-state index in [1.54, 1.807) is 11.8 Å². The Morgan fingerprint density at radius 2 is 1.81 bits per heavy atom. The molecule has 1 atom stereocenters. The van der Waals surface area contributed by atoms with E-state index in [-0.39, 0.29) is 11.2 Å². The number of hydrogen-bond acceptors (Lipinski definition) is 2. The van der Waals surface area contributed by atoms with Gasteiger partial charge in [0.15, 0.2) is 0 Å². The fraction of sp³-hybridized carbons (Fsp3) is 0.348. The molecular weight excluding hydrogens is 338 g/mol. The Balaban J connectivity index is 1.73. The molecule has 2 aromatic carbocycles. The monoisotopic (exact) mass is 363 g/mol. The molecule has 1 aromatic heterocycles. The number of thioether (sulfide) groups is 1. The van der Waals surface area contributed by atoms with E-state index in [1.165, 1.54) is 39.9 Å². The van der Waals surface area contributed by atoms with E-state index in [4.69, 9.17) is 0 Å². The van der Waals surface area contributed by atoms with Gasteiger partial charge in [0.05, 0.1) is 10.8 Å². The summed E-state index contributed by atoms with van der Waals surface area (Å²) in [6, 6.07) is 16.9.